The Labute approximate surface area is 102 Å². The molecule has 1 aliphatic heterocycles. The molecule has 1 saturated heterocycles. The minimum atomic E-state index is -0.864. The lowest BCUT2D eigenvalue weighted by atomic mass is 9.79. The lowest BCUT2D eigenvalue weighted by Gasteiger charge is -2.20. The zero-order valence-corrected chi connectivity index (χ0v) is 10.7. The van der Waals surface area contributed by atoms with E-state index in [-0.39, 0.29) is 11.9 Å². The molecule has 3 heteroatoms. The molecule has 0 saturated carbocycles. The van der Waals surface area contributed by atoms with Gasteiger partial charge in [0.25, 0.3) is 0 Å². The molecule has 1 aromatic carbocycles. The van der Waals surface area contributed by atoms with Crippen LogP contribution >= 0.6 is 0 Å². The molecule has 1 heterocycles. The summed E-state index contributed by atoms with van der Waals surface area (Å²) in [5, 5.41) is 0. The van der Waals surface area contributed by atoms with Crippen LogP contribution in [0.5, 0.6) is 0 Å². The van der Waals surface area contributed by atoms with Crippen molar-refractivity contribution in [1.29, 1.82) is 0 Å². The predicted molar refractivity (Wildman–Crippen MR) is 64.5 cm³/mol. The van der Waals surface area contributed by atoms with Gasteiger partial charge in [0.15, 0.2) is 5.60 Å². The molecular weight excluding hydrogens is 216 g/mol. The van der Waals surface area contributed by atoms with Gasteiger partial charge in [-0.05, 0) is 18.4 Å². The molecule has 2 rings (SSSR count). The van der Waals surface area contributed by atoms with Crippen molar-refractivity contribution in [2.75, 3.05) is 7.11 Å². The fraction of sp³-hybridized carbons (Fsp3) is 0.500. The third kappa shape index (κ3) is 1.49. The Balaban J connectivity index is 2.43. The number of ether oxygens (including phenoxy) is 2. The maximum Gasteiger partial charge on any atom is 0.341 e. The van der Waals surface area contributed by atoms with E-state index in [0.29, 0.717) is 0 Å². The molecular formula is C14H18O3. The normalized spacial score (nSPS) is 31.4. The minimum Gasteiger partial charge on any atom is -0.467 e. The highest BCUT2D eigenvalue weighted by atomic mass is 16.7. The number of rotatable bonds is 3. The second-order valence-electron chi connectivity index (χ2n) is 4.88. The second kappa shape index (κ2) is 3.84. The minimum absolute atomic E-state index is 0.203. The van der Waals surface area contributed by atoms with E-state index in [9.17, 15) is 4.79 Å². The Kier molecular flexibility index (Phi) is 2.74. The SMILES string of the molecule is COC(=O)C1(C)OC1(c1ccccc1)C(C)C. The number of hydrogen-bond acceptors (Lipinski definition) is 3. The van der Waals surface area contributed by atoms with Crippen molar-refractivity contribution in [3.05, 3.63) is 35.9 Å². The van der Waals surface area contributed by atoms with Gasteiger partial charge < -0.3 is 9.47 Å². The summed E-state index contributed by atoms with van der Waals surface area (Å²) in [5.74, 6) is -0.107. The Morgan fingerprint density at radius 3 is 2.35 bits per heavy atom. The fourth-order valence-electron chi connectivity index (χ4n) is 2.71. The highest BCUT2D eigenvalue weighted by molar-refractivity contribution is 5.85. The van der Waals surface area contributed by atoms with E-state index in [0.717, 1.165) is 5.56 Å². The number of carbonyl (C=O) groups excluding carboxylic acids is 1. The molecule has 92 valence electrons. The molecule has 3 nitrogen and oxygen atoms in total. The average molecular weight is 234 g/mol. The maximum atomic E-state index is 11.8. The molecule has 2 atom stereocenters. The summed E-state index contributed by atoms with van der Waals surface area (Å²) in [5.41, 5.74) is -0.388. The molecule has 0 spiro atoms. The van der Waals surface area contributed by atoms with Gasteiger partial charge >= 0.3 is 5.97 Å². The van der Waals surface area contributed by atoms with E-state index in [1.807, 2.05) is 30.3 Å². The monoisotopic (exact) mass is 234 g/mol. The van der Waals surface area contributed by atoms with E-state index in [4.69, 9.17) is 9.47 Å². The first-order chi connectivity index (χ1) is 7.99. The molecule has 17 heavy (non-hydrogen) atoms. The van der Waals surface area contributed by atoms with Gasteiger partial charge in [0.2, 0.25) is 0 Å². The molecule has 1 fully saturated rings. The lowest BCUT2D eigenvalue weighted by molar-refractivity contribution is -0.146. The summed E-state index contributed by atoms with van der Waals surface area (Å²) >= 11 is 0. The van der Waals surface area contributed by atoms with Crippen LogP contribution in [0.1, 0.15) is 26.3 Å². The summed E-state index contributed by atoms with van der Waals surface area (Å²) in [7, 11) is 1.39. The zero-order chi connectivity index (χ0) is 12.7. The summed E-state index contributed by atoms with van der Waals surface area (Å²) in [4.78, 5) is 11.8. The van der Waals surface area contributed by atoms with E-state index >= 15 is 0 Å². The standard InChI is InChI=1S/C14H18O3/c1-10(2)14(11-8-6-5-7-9-11)13(3,17-14)12(15)16-4/h5-10H,1-4H3. The van der Waals surface area contributed by atoms with Crippen molar-refractivity contribution < 1.29 is 14.3 Å². The molecule has 0 aliphatic carbocycles. The quantitative estimate of drug-likeness (QED) is 0.596. The van der Waals surface area contributed by atoms with Crippen molar-refractivity contribution in [1.82, 2.24) is 0 Å². The Morgan fingerprint density at radius 1 is 1.29 bits per heavy atom. The smallest absolute Gasteiger partial charge is 0.341 e. The second-order valence-corrected chi connectivity index (χ2v) is 4.88. The lowest BCUT2D eigenvalue weighted by Crippen LogP contribution is -2.34. The van der Waals surface area contributed by atoms with Crippen LogP contribution in [-0.2, 0) is 19.9 Å². The van der Waals surface area contributed by atoms with Gasteiger partial charge in [-0.1, -0.05) is 44.2 Å². The van der Waals surface area contributed by atoms with Gasteiger partial charge in [0, 0.05) is 0 Å². The van der Waals surface area contributed by atoms with Crippen LogP contribution < -0.4 is 0 Å². The van der Waals surface area contributed by atoms with Gasteiger partial charge in [0.1, 0.15) is 5.60 Å². The molecule has 2 unspecified atom stereocenters. The van der Waals surface area contributed by atoms with Gasteiger partial charge in [-0.2, -0.15) is 0 Å². The zero-order valence-electron chi connectivity index (χ0n) is 10.7. The van der Waals surface area contributed by atoms with Crippen LogP contribution in [0.2, 0.25) is 0 Å². The van der Waals surface area contributed by atoms with Crippen LogP contribution in [0.25, 0.3) is 0 Å². The summed E-state index contributed by atoms with van der Waals surface area (Å²) in [6.45, 7) is 5.91. The van der Waals surface area contributed by atoms with Crippen LogP contribution in [0.4, 0.5) is 0 Å². The molecule has 0 aromatic heterocycles. The highest BCUT2D eigenvalue weighted by Gasteiger charge is 2.74. The fourth-order valence-corrected chi connectivity index (χ4v) is 2.71. The number of hydrogen-bond donors (Lipinski definition) is 0. The van der Waals surface area contributed by atoms with E-state index < -0.39 is 11.2 Å². The first-order valence-electron chi connectivity index (χ1n) is 5.83. The highest BCUT2D eigenvalue weighted by Crippen LogP contribution is 2.60. The average Bonchev–Trinajstić information content (AvgIpc) is 2.99. The van der Waals surface area contributed by atoms with E-state index in [2.05, 4.69) is 13.8 Å². The number of methoxy groups -OCH3 is 1. The Bertz CT molecular complexity index is 426. The molecule has 0 N–H and O–H groups in total. The van der Waals surface area contributed by atoms with Gasteiger partial charge in [-0.15, -0.1) is 0 Å². The third-order valence-electron chi connectivity index (χ3n) is 3.62. The largest absolute Gasteiger partial charge is 0.467 e. The van der Waals surface area contributed by atoms with Crippen molar-refractivity contribution in [2.24, 2.45) is 5.92 Å². The summed E-state index contributed by atoms with van der Waals surface area (Å²) in [6.07, 6.45) is 0. The van der Waals surface area contributed by atoms with Crippen LogP contribution in [0.3, 0.4) is 0 Å². The first-order valence-corrected chi connectivity index (χ1v) is 5.83. The molecule has 0 amide bonds. The van der Waals surface area contributed by atoms with Crippen molar-refractivity contribution >= 4 is 5.97 Å². The van der Waals surface area contributed by atoms with E-state index in [1.54, 1.807) is 6.92 Å². The van der Waals surface area contributed by atoms with Gasteiger partial charge in [0.05, 0.1) is 7.11 Å². The summed E-state index contributed by atoms with van der Waals surface area (Å²) in [6, 6.07) is 9.86. The Hall–Kier alpha value is -1.35. The number of esters is 1. The molecule has 1 aliphatic rings. The van der Waals surface area contributed by atoms with Gasteiger partial charge in [-0.3, -0.25) is 0 Å². The summed E-state index contributed by atoms with van der Waals surface area (Å²) < 4.78 is 10.7. The molecule has 1 aromatic rings. The van der Waals surface area contributed by atoms with Crippen molar-refractivity contribution in [3.63, 3.8) is 0 Å². The number of carbonyl (C=O) groups is 1. The topological polar surface area (TPSA) is 38.8 Å². The first kappa shape index (κ1) is 12.1. The van der Waals surface area contributed by atoms with Crippen LogP contribution in [0.15, 0.2) is 30.3 Å². The van der Waals surface area contributed by atoms with E-state index in [1.165, 1.54) is 7.11 Å². The van der Waals surface area contributed by atoms with Crippen LogP contribution in [-0.4, -0.2) is 18.7 Å². The molecule has 0 radical (unpaired) electrons. The third-order valence-corrected chi connectivity index (χ3v) is 3.62. The van der Waals surface area contributed by atoms with Crippen molar-refractivity contribution in [3.8, 4) is 0 Å². The maximum absolute atomic E-state index is 11.8. The number of benzene rings is 1. The predicted octanol–water partition coefficient (Wildman–Crippen LogP) is 2.50. The Morgan fingerprint density at radius 2 is 1.88 bits per heavy atom. The van der Waals surface area contributed by atoms with Crippen LogP contribution in [0, 0.1) is 5.92 Å². The molecule has 0 bridgehead atoms. The van der Waals surface area contributed by atoms with Gasteiger partial charge in [-0.25, -0.2) is 4.79 Å². The van der Waals surface area contributed by atoms with Crippen molar-refractivity contribution in [2.45, 2.75) is 32.0 Å². The number of epoxide rings is 1.